The van der Waals surface area contributed by atoms with E-state index in [1.54, 1.807) is 6.07 Å². The van der Waals surface area contributed by atoms with E-state index in [4.69, 9.17) is 0 Å². The number of benzene rings is 1. The van der Waals surface area contributed by atoms with Crippen LogP contribution in [0.3, 0.4) is 0 Å². The van der Waals surface area contributed by atoms with Gasteiger partial charge in [0.05, 0.1) is 12.3 Å². The van der Waals surface area contributed by atoms with Crippen LogP contribution in [0.2, 0.25) is 0 Å². The summed E-state index contributed by atoms with van der Waals surface area (Å²) >= 11 is 0. The van der Waals surface area contributed by atoms with E-state index in [0.717, 1.165) is 49.4 Å². The molecule has 0 saturated carbocycles. The van der Waals surface area contributed by atoms with Gasteiger partial charge in [-0.3, -0.25) is 0 Å². The van der Waals surface area contributed by atoms with Crippen LogP contribution in [0.5, 0.6) is 0 Å². The summed E-state index contributed by atoms with van der Waals surface area (Å²) < 4.78 is 25.8. The molecule has 0 amide bonds. The number of nitrogens with zero attached hydrogens (tertiary/aromatic N) is 1. The number of halogens is 1. The van der Waals surface area contributed by atoms with E-state index in [2.05, 4.69) is 27.3 Å². The molecule has 1 atom stereocenters. The fourth-order valence-electron chi connectivity index (χ4n) is 2.80. The number of rotatable bonds is 12. The van der Waals surface area contributed by atoms with E-state index >= 15 is 0 Å². The van der Waals surface area contributed by atoms with E-state index in [9.17, 15) is 13.5 Å². The van der Waals surface area contributed by atoms with Crippen molar-refractivity contribution in [2.75, 3.05) is 26.7 Å². The van der Waals surface area contributed by atoms with Crippen LogP contribution in [0.4, 0.5) is 0 Å². The molecule has 28 heavy (non-hydrogen) atoms. The standard InChI is InChI=1S/C19H34N4O3S.HI/c1-4-7-16(10-11-24)13-22-19(21-5-2)23-14-17-8-6-9-18(12-17)15-27(25,26)20-3;/h6,8-9,12,16,20,24H,4-5,7,10-11,13-15H2,1-3H3,(H2,21,22,23);1H. The van der Waals surface area contributed by atoms with Crippen molar-refractivity contribution < 1.29 is 13.5 Å². The molecule has 0 radical (unpaired) electrons. The Morgan fingerprint density at radius 1 is 1.18 bits per heavy atom. The van der Waals surface area contributed by atoms with Gasteiger partial charge in [-0.25, -0.2) is 18.1 Å². The SMILES string of the molecule is CCCC(CCO)CNC(=NCc1cccc(CS(=O)(=O)NC)c1)NCC.I. The Balaban J connectivity index is 0.00000729. The first-order valence-corrected chi connectivity index (χ1v) is 11.2. The van der Waals surface area contributed by atoms with Crippen LogP contribution >= 0.6 is 24.0 Å². The highest BCUT2D eigenvalue weighted by atomic mass is 127. The maximum Gasteiger partial charge on any atom is 0.215 e. The Morgan fingerprint density at radius 2 is 1.89 bits per heavy atom. The number of guanidine groups is 1. The maximum absolute atomic E-state index is 11.7. The van der Waals surface area contributed by atoms with E-state index in [0.29, 0.717) is 12.5 Å². The molecule has 0 aliphatic carbocycles. The van der Waals surface area contributed by atoms with Crippen LogP contribution in [-0.4, -0.2) is 46.2 Å². The van der Waals surface area contributed by atoms with Crippen LogP contribution in [0.25, 0.3) is 0 Å². The van der Waals surface area contributed by atoms with Gasteiger partial charge in [-0.1, -0.05) is 37.6 Å². The number of aliphatic hydroxyl groups is 1. The zero-order valence-electron chi connectivity index (χ0n) is 17.1. The van der Waals surface area contributed by atoms with E-state index in [1.165, 1.54) is 7.05 Å². The van der Waals surface area contributed by atoms with Crippen molar-refractivity contribution in [2.45, 2.75) is 45.4 Å². The third kappa shape index (κ3) is 11.2. The number of hydrogen-bond acceptors (Lipinski definition) is 4. The summed E-state index contributed by atoms with van der Waals surface area (Å²) in [4.78, 5) is 4.60. The average Bonchev–Trinajstić information content (AvgIpc) is 2.64. The second kappa shape index (κ2) is 15.0. The maximum atomic E-state index is 11.7. The molecule has 9 heteroatoms. The van der Waals surface area contributed by atoms with Gasteiger partial charge in [0.2, 0.25) is 10.0 Å². The molecule has 162 valence electrons. The second-order valence-electron chi connectivity index (χ2n) is 6.53. The van der Waals surface area contributed by atoms with Crippen molar-refractivity contribution in [1.82, 2.24) is 15.4 Å². The third-order valence-electron chi connectivity index (χ3n) is 4.22. The Hall–Kier alpha value is -0.910. The molecular formula is C19H35IN4O3S. The van der Waals surface area contributed by atoms with Crippen LogP contribution in [0, 0.1) is 5.92 Å². The van der Waals surface area contributed by atoms with Gasteiger partial charge >= 0.3 is 0 Å². The molecule has 0 fully saturated rings. The van der Waals surface area contributed by atoms with Gasteiger partial charge in [-0.05, 0) is 43.9 Å². The van der Waals surface area contributed by atoms with E-state index in [1.807, 2.05) is 25.1 Å². The molecule has 0 spiro atoms. The minimum absolute atomic E-state index is 0. The van der Waals surface area contributed by atoms with Gasteiger partial charge in [0, 0.05) is 19.7 Å². The fourth-order valence-corrected chi connectivity index (χ4v) is 3.56. The summed E-state index contributed by atoms with van der Waals surface area (Å²) in [6.07, 6.45) is 2.93. The van der Waals surface area contributed by atoms with Crippen molar-refractivity contribution in [3.8, 4) is 0 Å². The molecule has 0 heterocycles. The number of hydrogen-bond donors (Lipinski definition) is 4. The fraction of sp³-hybridized carbons (Fsp3) is 0.632. The van der Waals surface area contributed by atoms with Crippen molar-refractivity contribution in [3.63, 3.8) is 0 Å². The summed E-state index contributed by atoms with van der Waals surface area (Å²) in [6, 6.07) is 7.46. The minimum Gasteiger partial charge on any atom is -0.396 e. The van der Waals surface area contributed by atoms with Crippen molar-refractivity contribution >= 4 is 40.0 Å². The Bertz CT molecular complexity index is 678. The first kappa shape index (κ1) is 27.1. The van der Waals surface area contributed by atoms with Crippen LogP contribution in [-0.2, 0) is 22.3 Å². The molecule has 7 nitrogen and oxygen atoms in total. The highest BCUT2D eigenvalue weighted by Crippen LogP contribution is 2.11. The summed E-state index contributed by atoms with van der Waals surface area (Å²) in [5, 5.41) is 15.8. The summed E-state index contributed by atoms with van der Waals surface area (Å²) in [6.45, 7) is 6.33. The van der Waals surface area contributed by atoms with Gasteiger partial charge in [0.25, 0.3) is 0 Å². The molecule has 0 aliphatic heterocycles. The molecule has 0 bridgehead atoms. The predicted molar refractivity (Wildman–Crippen MR) is 126 cm³/mol. The van der Waals surface area contributed by atoms with Crippen molar-refractivity contribution in [3.05, 3.63) is 35.4 Å². The number of aliphatic hydroxyl groups excluding tert-OH is 1. The zero-order chi connectivity index (χ0) is 20.1. The van der Waals surface area contributed by atoms with Crippen LogP contribution < -0.4 is 15.4 Å². The molecule has 1 aromatic carbocycles. The largest absolute Gasteiger partial charge is 0.396 e. The van der Waals surface area contributed by atoms with Gasteiger partial charge in [0.15, 0.2) is 5.96 Å². The van der Waals surface area contributed by atoms with Crippen molar-refractivity contribution in [2.24, 2.45) is 10.9 Å². The van der Waals surface area contributed by atoms with Gasteiger partial charge in [-0.15, -0.1) is 24.0 Å². The first-order valence-electron chi connectivity index (χ1n) is 9.56. The van der Waals surface area contributed by atoms with E-state index in [-0.39, 0.29) is 36.3 Å². The first-order chi connectivity index (χ1) is 12.9. The molecule has 0 saturated heterocycles. The molecule has 0 aromatic heterocycles. The lowest BCUT2D eigenvalue weighted by molar-refractivity contribution is 0.251. The quantitative estimate of drug-likeness (QED) is 0.190. The lowest BCUT2D eigenvalue weighted by Gasteiger charge is -2.18. The highest BCUT2D eigenvalue weighted by molar-refractivity contribution is 14.0. The molecule has 1 aromatic rings. The number of sulfonamides is 1. The van der Waals surface area contributed by atoms with E-state index < -0.39 is 10.0 Å². The van der Waals surface area contributed by atoms with Crippen molar-refractivity contribution in [1.29, 1.82) is 0 Å². The van der Waals surface area contributed by atoms with Crippen LogP contribution in [0.15, 0.2) is 29.3 Å². The van der Waals surface area contributed by atoms with Gasteiger partial charge < -0.3 is 15.7 Å². The van der Waals surface area contributed by atoms with Gasteiger partial charge in [0.1, 0.15) is 0 Å². The molecule has 1 rings (SSSR count). The summed E-state index contributed by atoms with van der Waals surface area (Å²) in [5.41, 5.74) is 1.69. The normalized spacial score (nSPS) is 12.9. The Kier molecular flexibility index (Phi) is 14.5. The lowest BCUT2D eigenvalue weighted by atomic mass is 10.0. The zero-order valence-corrected chi connectivity index (χ0v) is 20.2. The highest BCUT2D eigenvalue weighted by Gasteiger charge is 2.10. The van der Waals surface area contributed by atoms with Crippen LogP contribution in [0.1, 0.15) is 44.2 Å². The second-order valence-corrected chi connectivity index (χ2v) is 8.45. The number of aliphatic imine (C=N–C) groups is 1. The molecule has 0 aliphatic rings. The monoisotopic (exact) mass is 526 g/mol. The minimum atomic E-state index is -3.29. The number of nitrogens with one attached hydrogen (secondary N) is 3. The Morgan fingerprint density at radius 3 is 2.50 bits per heavy atom. The molecule has 1 unspecified atom stereocenters. The third-order valence-corrected chi connectivity index (χ3v) is 5.55. The topological polar surface area (TPSA) is 103 Å². The molecule has 4 N–H and O–H groups in total. The Labute approximate surface area is 186 Å². The molecular weight excluding hydrogens is 491 g/mol. The predicted octanol–water partition coefficient (Wildman–Crippen LogP) is 2.21. The van der Waals surface area contributed by atoms with Gasteiger partial charge in [-0.2, -0.15) is 0 Å². The lowest BCUT2D eigenvalue weighted by Crippen LogP contribution is -2.40. The summed E-state index contributed by atoms with van der Waals surface area (Å²) in [7, 11) is -1.87. The average molecular weight is 526 g/mol. The summed E-state index contributed by atoms with van der Waals surface area (Å²) in [5.74, 6) is 1.10. The smallest absolute Gasteiger partial charge is 0.215 e.